The summed E-state index contributed by atoms with van der Waals surface area (Å²) >= 11 is 0. The molecule has 0 aromatic heterocycles. The van der Waals surface area contributed by atoms with E-state index < -0.39 is 0 Å². The zero-order valence-electron chi connectivity index (χ0n) is 10.6. The summed E-state index contributed by atoms with van der Waals surface area (Å²) in [5, 5.41) is 6.63. The molecule has 112 valence electrons. The van der Waals surface area contributed by atoms with Crippen LogP contribution in [-0.4, -0.2) is 85.5 Å². The summed E-state index contributed by atoms with van der Waals surface area (Å²) in [7, 11) is 0. The maximum Gasteiger partial charge on any atom is 4.00 e. The SMILES string of the molecule is C1C[OH+]CCNCC[OH+]CC[OH+]CCN1.O.[Cl-].[Pt+4]. The van der Waals surface area contributed by atoms with Gasteiger partial charge in [-0.25, -0.2) is 0 Å². The molecule has 0 atom stereocenters. The van der Waals surface area contributed by atoms with Gasteiger partial charge >= 0.3 is 21.1 Å². The molecule has 0 aliphatic carbocycles. The largest absolute Gasteiger partial charge is 4.00 e. The van der Waals surface area contributed by atoms with E-state index in [1.165, 1.54) is 0 Å². The molecule has 1 aliphatic heterocycles. The fraction of sp³-hybridized carbons (Fsp3) is 1.00. The number of rotatable bonds is 0. The van der Waals surface area contributed by atoms with E-state index in [2.05, 4.69) is 24.8 Å². The van der Waals surface area contributed by atoms with Crippen molar-refractivity contribution in [3.63, 3.8) is 0 Å². The van der Waals surface area contributed by atoms with Crippen LogP contribution < -0.4 is 23.0 Å². The van der Waals surface area contributed by atoms with Gasteiger partial charge in [0.1, 0.15) is 0 Å². The third kappa shape index (κ3) is 16.7. The standard InChI is InChI=1S/C10H22N2O3.ClH.H2O.Pt/c1-5-13-6-2-12-4-8-15-10-9-14-7-3-11-1;;;/h11-12H,1-10H2;1H;1H2;/q;;;+4/p+2. The number of ether oxygens (including phenoxy) is 3. The van der Waals surface area contributed by atoms with E-state index in [4.69, 9.17) is 0 Å². The molecule has 0 amide bonds. The Hall–Kier alpha value is 0.738. The van der Waals surface area contributed by atoms with Crippen molar-refractivity contribution in [2.24, 2.45) is 0 Å². The Morgan fingerprint density at radius 1 is 0.556 bits per heavy atom. The van der Waals surface area contributed by atoms with Crippen molar-refractivity contribution in [3.05, 3.63) is 0 Å². The van der Waals surface area contributed by atoms with Crippen LogP contribution in [0.25, 0.3) is 0 Å². The second-order valence-corrected chi connectivity index (χ2v) is 3.51. The van der Waals surface area contributed by atoms with Gasteiger partial charge in [0.05, 0.1) is 26.2 Å². The second kappa shape index (κ2) is 20.1. The third-order valence-electron chi connectivity index (χ3n) is 2.20. The predicted octanol–water partition coefficient (Wildman–Crippen LogP) is -6.06. The quantitative estimate of drug-likeness (QED) is 0.346. The smallest absolute Gasteiger partial charge is 1.00 e. The van der Waals surface area contributed by atoms with E-state index >= 15 is 0 Å². The molecule has 1 fully saturated rings. The van der Waals surface area contributed by atoms with Crippen molar-refractivity contribution in [3.8, 4) is 0 Å². The van der Waals surface area contributed by atoms with Gasteiger partial charge in [-0.15, -0.1) is 0 Å². The topological polar surface area (TPSA) is 94.0 Å². The van der Waals surface area contributed by atoms with Gasteiger partial charge in [0.15, 0.2) is 26.4 Å². The zero-order chi connectivity index (χ0) is 10.6. The van der Waals surface area contributed by atoms with Crippen LogP contribution in [0.15, 0.2) is 0 Å². The molecule has 1 rings (SSSR count). The molecular formula is C10H27ClN2O4Pt+6. The Labute approximate surface area is 129 Å². The minimum absolute atomic E-state index is 0. The summed E-state index contributed by atoms with van der Waals surface area (Å²) < 4.78 is 13.1. The van der Waals surface area contributed by atoms with Crippen LogP contribution in [-0.2, 0) is 21.1 Å². The van der Waals surface area contributed by atoms with Crippen molar-refractivity contribution in [1.29, 1.82) is 0 Å². The van der Waals surface area contributed by atoms with E-state index in [-0.39, 0.29) is 38.9 Å². The molecule has 1 saturated heterocycles. The molecule has 0 unspecified atom stereocenters. The van der Waals surface area contributed by atoms with E-state index in [1.807, 2.05) is 0 Å². The van der Waals surface area contributed by atoms with Gasteiger partial charge in [0, 0.05) is 0 Å². The molecule has 7 N–H and O–H groups in total. The third-order valence-corrected chi connectivity index (χ3v) is 2.20. The number of halogens is 1. The molecule has 0 spiro atoms. The Bertz CT molecular complexity index is 90.4. The molecule has 0 bridgehead atoms. The molecule has 0 aromatic rings. The monoisotopic (exact) mass is 469 g/mol. The van der Waals surface area contributed by atoms with Gasteiger partial charge < -0.3 is 42.7 Å². The normalized spacial score (nSPS) is 20.0. The molecule has 0 saturated carbocycles. The Morgan fingerprint density at radius 2 is 0.833 bits per heavy atom. The second-order valence-electron chi connectivity index (χ2n) is 3.51. The summed E-state index contributed by atoms with van der Waals surface area (Å²) in [4.78, 5) is 0. The maximum absolute atomic E-state index is 4.40. The first-order valence-electron chi connectivity index (χ1n) is 5.81. The molecule has 0 radical (unpaired) electrons. The van der Waals surface area contributed by atoms with Gasteiger partial charge in [0.2, 0.25) is 13.2 Å². The molecule has 8 heteroatoms. The van der Waals surface area contributed by atoms with E-state index in [9.17, 15) is 0 Å². The van der Waals surface area contributed by atoms with Gasteiger partial charge in [-0.2, -0.15) is 0 Å². The zero-order valence-corrected chi connectivity index (χ0v) is 13.6. The van der Waals surface area contributed by atoms with Crippen molar-refractivity contribution in [1.82, 2.24) is 10.6 Å². The molecule has 18 heavy (non-hydrogen) atoms. The molecule has 1 aliphatic rings. The fourth-order valence-electron chi connectivity index (χ4n) is 1.36. The minimum atomic E-state index is 0. The maximum atomic E-state index is 4.40. The molecule has 6 nitrogen and oxygen atoms in total. The van der Waals surface area contributed by atoms with E-state index in [1.54, 1.807) is 0 Å². The van der Waals surface area contributed by atoms with Crippen LogP contribution in [0.5, 0.6) is 0 Å². The van der Waals surface area contributed by atoms with Crippen molar-refractivity contribution < 1.29 is 53.2 Å². The Kier molecular flexibility index (Phi) is 26.5. The van der Waals surface area contributed by atoms with Crippen molar-refractivity contribution in [2.75, 3.05) is 65.8 Å². The van der Waals surface area contributed by atoms with Crippen molar-refractivity contribution >= 4 is 0 Å². The average molecular weight is 470 g/mol. The summed E-state index contributed by atoms with van der Waals surface area (Å²) in [5.74, 6) is 0. The first-order chi connectivity index (χ1) is 7.50. The average Bonchev–Trinajstić information content (AvgIpc) is 2.27. The summed E-state index contributed by atoms with van der Waals surface area (Å²) in [5.41, 5.74) is 0. The first kappa shape index (κ1) is 23.8. The van der Waals surface area contributed by atoms with Crippen LogP contribution in [0, 0.1) is 0 Å². The van der Waals surface area contributed by atoms with Gasteiger partial charge in [-0.05, 0) is 0 Å². The van der Waals surface area contributed by atoms with Gasteiger partial charge in [0.25, 0.3) is 0 Å². The van der Waals surface area contributed by atoms with Crippen LogP contribution in [0.2, 0.25) is 0 Å². The first-order valence-corrected chi connectivity index (χ1v) is 5.81. The number of aliphatic hydroxyl groups is 6. The van der Waals surface area contributed by atoms with E-state index in [0.29, 0.717) is 0 Å². The van der Waals surface area contributed by atoms with Crippen molar-refractivity contribution in [2.45, 2.75) is 0 Å². The fourth-order valence-corrected chi connectivity index (χ4v) is 1.36. The summed E-state index contributed by atoms with van der Waals surface area (Å²) in [6, 6.07) is 0. The van der Waals surface area contributed by atoms with Crippen LogP contribution >= 0.6 is 0 Å². The number of hydrogen-bond donors (Lipinski definition) is 2. The van der Waals surface area contributed by atoms with Gasteiger partial charge in [-0.1, -0.05) is 0 Å². The molecule has 1 heterocycles. The van der Waals surface area contributed by atoms with E-state index in [0.717, 1.165) is 65.8 Å². The molecular weight excluding hydrogens is 443 g/mol. The van der Waals surface area contributed by atoms with Crippen LogP contribution in [0.3, 0.4) is 0 Å². The minimum Gasteiger partial charge on any atom is -1.00 e. The molecule has 0 aromatic carbocycles. The number of nitrogens with one attached hydrogen (secondary N) is 2. The summed E-state index contributed by atoms with van der Waals surface area (Å²) in [6.45, 7) is 9.22. The summed E-state index contributed by atoms with van der Waals surface area (Å²) in [6.07, 6.45) is 0. The predicted molar refractivity (Wildman–Crippen MR) is 65.2 cm³/mol. The van der Waals surface area contributed by atoms with Crippen LogP contribution in [0.1, 0.15) is 0 Å². The Morgan fingerprint density at radius 3 is 1.17 bits per heavy atom. The van der Waals surface area contributed by atoms with Crippen LogP contribution in [0.4, 0.5) is 0 Å². The Balaban J connectivity index is -0.000000750. The number of hydrogen-bond acceptors (Lipinski definition) is 2. The van der Waals surface area contributed by atoms with Gasteiger partial charge in [-0.3, -0.25) is 0 Å².